The van der Waals surface area contributed by atoms with Gasteiger partial charge in [-0.1, -0.05) is 13.3 Å². The Hall–Kier alpha value is -2.08. The van der Waals surface area contributed by atoms with Crippen LogP contribution in [-0.2, 0) is 4.79 Å². The average molecular weight is 292 g/mol. The van der Waals surface area contributed by atoms with Crippen LogP contribution < -0.4 is 10.6 Å². The molecular weight excluding hydrogens is 272 g/mol. The fourth-order valence-electron chi connectivity index (χ4n) is 2.80. The van der Waals surface area contributed by atoms with Crippen molar-refractivity contribution in [2.45, 2.75) is 26.2 Å². The van der Waals surface area contributed by atoms with E-state index in [1.54, 1.807) is 0 Å². The number of rotatable bonds is 5. The quantitative estimate of drug-likeness (QED) is 0.663. The van der Waals surface area contributed by atoms with Gasteiger partial charge in [-0.05, 0) is 31.5 Å². The van der Waals surface area contributed by atoms with E-state index in [1.807, 2.05) is 6.92 Å². The number of aromatic hydroxyl groups is 1. The Balaban J connectivity index is 2.15. The second-order valence-corrected chi connectivity index (χ2v) is 5.45. The fourth-order valence-corrected chi connectivity index (χ4v) is 2.80. The summed E-state index contributed by atoms with van der Waals surface area (Å²) in [5.74, 6) is -1.64. The van der Waals surface area contributed by atoms with Crippen molar-refractivity contribution in [1.82, 2.24) is 5.32 Å². The Bertz CT molecular complexity index is 551. The van der Waals surface area contributed by atoms with Crippen LogP contribution in [0.15, 0.2) is 18.2 Å². The second kappa shape index (κ2) is 6.13. The Morgan fingerprint density at radius 3 is 2.71 bits per heavy atom. The Labute approximate surface area is 123 Å². The van der Waals surface area contributed by atoms with Crippen molar-refractivity contribution in [3.63, 3.8) is 0 Å². The molecule has 1 aromatic carbocycles. The molecule has 4 N–H and O–H groups in total. The van der Waals surface area contributed by atoms with Crippen LogP contribution in [0.5, 0.6) is 5.75 Å². The third-order valence-electron chi connectivity index (χ3n) is 3.94. The number of aromatic carboxylic acids is 1. The van der Waals surface area contributed by atoms with Crippen molar-refractivity contribution < 1.29 is 19.8 Å². The van der Waals surface area contributed by atoms with Gasteiger partial charge in [-0.15, -0.1) is 0 Å². The molecular formula is C15H20N2O4. The molecule has 0 spiro atoms. The summed E-state index contributed by atoms with van der Waals surface area (Å²) >= 11 is 0. The molecule has 1 atom stereocenters. The number of hydrogen-bond donors (Lipinski definition) is 4. The summed E-state index contributed by atoms with van der Waals surface area (Å²) in [7, 11) is 0. The topological polar surface area (TPSA) is 98.7 Å². The van der Waals surface area contributed by atoms with Gasteiger partial charge in [0.1, 0.15) is 11.3 Å². The summed E-state index contributed by atoms with van der Waals surface area (Å²) in [6.45, 7) is 3.50. The van der Waals surface area contributed by atoms with Gasteiger partial charge >= 0.3 is 5.97 Å². The van der Waals surface area contributed by atoms with Gasteiger partial charge in [-0.3, -0.25) is 4.79 Å². The molecule has 1 heterocycles. The van der Waals surface area contributed by atoms with Crippen LogP contribution in [0.1, 0.15) is 36.5 Å². The van der Waals surface area contributed by atoms with E-state index in [0.29, 0.717) is 12.2 Å². The molecule has 21 heavy (non-hydrogen) atoms. The minimum atomic E-state index is -1.20. The van der Waals surface area contributed by atoms with E-state index < -0.39 is 11.4 Å². The molecule has 1 aliphatic rings. The summed E-state index contributed by atoms with van der Waals surface area (Å²) in [6, 6.07) is 4.04. The molecule has 1 saturated heterocycles. The first kappa shape index (κ1) is 15.3. The summed E-state index contributed by atoms with van der Waals surface area (Å²) < 4.78 is 0. The molecule has 1 fully saturated rings. The largest absolute Gasteiger partial charge is 0.507 e. The Morgan fingerprint density at radius 2 is 2.19 bits per heavy atom. The van der Waals surface area contributed by atoms with Gasteiger partial charge in [-0.2, -0.15) is 0 Å². The molecule has 6 heteroatoms. The smallest absolute Gasteiger partial charge is 0.339 e. The maximum atomic E-state index is 12.5. The van der Waals surface area contributed by atoms with Gasteiger partial charge in [0.05, 0.1) is 5.41 Å². The number of carboxylic acids is 1. The molecule has 6 nitrogen and oxygen atoms in total. The van der Waals surface area contributed by atoms with Gasteiger partial charge in [0.2, 0.25) is 5.91 Å². The van der Waals surface area contributed by atoms with E-state index in [2.05, 4.69) is 10.6 Å². The summed E-state index contributed by atoms with van der Waals surface area (Å²) in [5.41, 5.74) is -0.195. The lowest BCUT2D eigenvalue weighted by Crippen LogP contribution is -2.38. The highest BCUT2D eigenvalue weighted by Crippen LogP contribution is 2.33. The molecule has 2 rings (SSSR count). The predicted molar refractivity (Wildman–Crippen MR) is 78.5 cm³/mol. The lowest BCUT2D eigenvalue weighted by atomic mass is 9.81. The van der Waals surface area contributed by atoms with Gasteiger partial charge in [0.15, 0.2) is 0 Å². The van der Waals surface area contributed by atoms with Crippen molar-refractivity contribution >= 4 is 17.6 Å². The molecule has 114 valence electrons. The number of benzene rings is 1. The van der Waals surface area contributed by atoms with Gasteiger partial charge in [-0.25, -0.2) is 4.79 Å². The van der Waals surface area contributed by atoms with Crippen molar-refractivity contribution in [1.29, 1.82) is 0 Å². The predicted octanol–water partition coefficient (Wildman–Crippen LogP) is 1.81. The molecule has 1 amide bonds. The van der Waals surface area contributed by atoms with Gasteiger partial charge in [0, 0.05) is 18.3 Å². The van der Waals surface area contributed by atoms with Crippen LogP contribution in [0.2, 0.25) is 0 Å². The van der Waals surface area contributed by atoms with E-state index in [1.165, 1.54) is 18.2 Å². The van der Waals surface area contributed by atoms with Crippen LogP contribution in [0.25, 0.3) is 0 Å². The standard InChI is InChI=1S/C15H20N2O4/c1-2-5-15(6-7-16-9-15)14(21)17-10-3-4-11(13(19)20)12(18)8-10/h3-4,8,16,18H,2,5-7,9H2,1H3,(H,17,21)(H,19,20). The minimum Gasteiger partial charge on any atom is -0.507 e. The van der Waals surface area contributed by atoms with E-state index in [9.17, 15) is 14.7 Å². The van der Waals surface area contributed by atoms with Crippen molar-refractivity contribution in [2.75, 3.05) is 18.4 Å². The number of carboxylic acid groups (broad SMARTS) is 1. The molecule has 0 saturated carbocycles. The van der Waals surface area contributed by atoms with Gasteiger partial charge < -0.3 is 20.8 Å². The number of phenols is 1. The zero-order valence-electron chi connectivity index (χ0n) is 12.0. The third kappa shape index (κ3) is 3.16. The van der Waals surface area contributed by atoms with Crippen molar-refractivity contribution in [3.05, 3.63) is 23.8 Å². The monoisotopic (exact) mass is 292 g/mol. The number of nitrogens with one attached hydrogen (secondary N) is 2. The number of carbonyl (C=O) groups is 2. The lowest BCUT2D eigenvalue weighted by molar-refractivity contribution is -0.125. The first-order valence-electron chi connectivity index (χ1n) is 7.07. The zero-order valence-corrected chi connectivity index (χ0v) is 12.0. The molecule has 1 aliphatic heterocycles. The Kier molecular flexibility index (Phi) is 4.47. The number of amides is 1. The molecule has 0 aromatic heterocycles. The van der Waals surface area contributed by atoms with Crippen molar-refractivity contribution in [2.24, 2.45) is 5.41 Å². The maximum Gasteiger partial charge on any atom is 0.339 e. The molecule has 0 aliphatic carbocycles. The number of carbonyl (C=O) groups excluding carboxylic acids is 1. The van der Waals surface area contributed by atoms with Crippen LogP contribution in [0.4, 0.5) is 5.69 Å². The lowest BCUT2D eigenvalue weighted by Gasteiger charge is -2.26. The highest BCUT2D eigenvalue weighted by molar-refractivity contribution is 5.97. The molecule has 0 radical (unpaired) electrons. The SMILES string of the molecule is CCCC1(C(=O)Nc2ccc(C(=O)O)c(O)c2)CCNC1. The highest BCUT2D eigenvalue weighted by atomic mass is 16.4. The van der Waals surface area contributed by atoms with Crippen LogP contribution in [0, 0.1) is 5.41 Å². The minimum absolute atomic E-state index is 0.0863. The molecule has 1 unspecified atom stereocenters. The van der Waals surface area contributed by atoms with Crippen LogP contribution in [0.3, 0.4) is 0 Å². The number of anilines is 1. The highest BCUT2D eigenvalue weighted by Gasteiger charge is 2.40. The normalized spacial score (nSPS) is 21.2. The zero-order chi connectivity index (χ0) is 15.5. The summed E-state index contributed by atoms with van der Waals surface area (Å²) in [5, 5.41) is 24.5. The second-order valence-electron chi connectivity index (χ2n) is 5.45. The van der Waals surface area contributed by atoms with Crippen molar-refractivity contribution in [3.8, 4) is 5.75 Å². The van der Waals surface area contributed by atoms with E-state index in [0.717, 1.165) is 25.8 Å². The van der Waals surface area contributed by atoms with Crippen LogP contribution >= 0.6 is 0 Å². The van der Waals surface area contributed by atoms with E-state index in [-0.39, 0.29) is 17.2 Å². The first-order valence-corrected chi connectivity index (χ1v) is 7.07. The molecule has 0 bridgehead atoms. The summed E-state index contributed by atoms with van der Waals surface area (Å²) in [6.07, 6.45) is 2.50. The van der Waals surface area contributed by atoms with Crippen LogP contribution in [-0.4, -0.2) is 35.2 Å². The average Bonchev–Trinajstić information content (AvgIpc) is 2.88. The van der Waals surface area contributed by atoms with Gasteiger partial charge in [0.25, 0.3) is 0 Å². The molecule has 1 aromatic rings. The van der Waals surface area contributed by atoms with E-state index in [4.69, 9.17) is 5.11 Å². The van der Waals surface area contributed by atoms with E-state index >= 15 is 0 Å². The fraction of sp³-hybridized carbons (Fsp3) is 0.467. The maximum absolute atomic E-state index is 12.5. The third-order valence-corrected chi connectivity index (χ3v) is 3.94. The Morgan fingerprint density at radius 1 is 1.43 bits per heavy atom. The first-order chi connectivity index (χ1) is 9.98. The number of hydrogen-bond acceptors (Lipinski definition) is 4. The summed E-state index contributed by atoms with van der Waals surface area (Å²) in [4.78, 5) is 23.4.